The van der Waals surface area contributed by atoms with Crippen LogP contribution in [0.4, 0.5) is 0 Å². The second kappa shape index (κ2) is 9.35. The van der Waals surface area contributed by atoms with Crippen LogP contribution in [-0.2, 0) is 4.79 Å². The van der Waals surface area contributed by atoms with Gasteiger partial charge in [-0.25, -0.2) is 0 Å². The molecule has 0 heterocycles. The predicted octanol–water partition coefficient (Wildman–Crippen LogP) is 2.13. The van der Waals surface area contributed by atoms with E-state index in [0.717, 1.165) is 58.2 Å². The quantitative estimate of drug-likeness (QED) is 0.717. The summed E-state index contributed by atoms with van der Waals surface area (Å²) in [7, 11) is 0. The monoisotopic (exact) mass is 283 g/mol. The molecule has 3 unspecified atom stereocenters. The van der Waals surface area contributed by atoms with Gasteiger partial charge in [0.25, 0.3) is 0 Å². The molecule has 1 rings (SSSR count). The van der Waals surface area contributed by atoms with Crippen molar-refractivity contribution in [3.63, 3.8) is 0 Å². The Morgan fingerprint density at radius 2 is 2.05 bits per heavy atom. The Bertz CT molecular complexity index is 279. The topological polar surface area (TPSA) is 58.4 Å². The fourth-order valence-electron chi connectivity index (χ4n) is 3.06. The van der Waals surface area contributed by atoms with E-state index in [4.69, 9.17) is 5.73 Å². The Hall–Kier alpha value is -0.610. The van der Waals surface area contributed by atoms with Crippen molar-refractivity contribution >= 4 is 5.91 Å². The van der Waals surface area contributed by atoms with E-state index in [1.807, 2.05) is 0 Å². The average Bonchev–Trinajstić information content (AvgIpc) is 2.43. The molecule has 1 fully saturated rings. The highest BCUT2D eigenvalue weighted by Crippen LogP contribution is 2.23. The number of nitrogens with one attached hydrogen (secondary N) is 1. The van der Waals surface area contributed by atoms with Gasteiger partial charge in [0, 0.05) is 18.0 Å². The zero-order chi connectivity index (χ0) is 15.0. The Labute approximate surface area is 124 Å². The molecule has 118 valence electrons. The van der Waals surface area contributed by atoms with Gasteiger partial charge in [0.15, 0.2) is 0 Å². The number of hydrogen-bond acceptors (Lipinski definition) is 3. The van der Waals surface area contributed by atoms with Crippen molar-refractivity contribution < 1.29 is 4.79 Å². The number of carbonyl (C=O) groups excluding carboxylic acids is 1. The smallest absolute Gasteiger partial charge is 0.223 e. The van der Waals surface area contributed by atoms with Gasteiger partial charge in [-0.2, -0.15) is 0 Å². The molecular weight excluding hydrogens is 250 g/mol. The third-order valence-electron chi connectivity index (χ3n) is 4.48. The molecule has 1 aliphatic rings. The molecular formula is C16H33N3O. The average molecular weight is 283 g/mol. The van der Waals surface area contributed by atoms with Gasteiger partial charge >= 0.3 is 0 Å². The first kappa shape index (κ1) is 17.4. The first-order valence-electron chi connectivity index (χ1n) is 8.35. The molecule has 3 N–H and O–H groups in total. The number of carbonyl (C=O) groups is 1. The number of hydrogen-bond donors (Lipinski definition) is 2. The first-order chi connectivity index (χ1) is 9.56. The molecule has 0 spiro atoms. The predicted molar refractivity (Wildman–Crippen MR) is 84.6 cm³/mol. The Balaban J connectivity index is 2.20. The van der Waals surface area contributed by atoms with Crippen molar-refractivity contribution in [2.75, 3.05) is 19.6 Å². The summed E-state index contributed by atoms with van der Waals surface area (Å²) in [5, 5.41) is 3.17. The van der Waals surface area contributed by atoms with Crippen LogP contribution >= 0.6 is 0 Å². The maximum absolute atomic E-state index is 12.2. The fourth-order valence-corrected chi connectivity index (χ4v) is 3.06. The summed E-state index contributed by atoms with van der Waals surface area (Å²) in [6, 6.07) is 0.494. The van der Waals surface area contributed by atoms with Crippen LogP contribution in [0.1, 0.15) is 59.3 Å². The normalized spacial score (nSPS) is 24.6. The number of nitrogens with zero attached hydrogens (tertiary/aromatic N) is 1. The van der Waals surface area contributed by atoms with E-state index in [-0.39, 0.29) is 23.9 Å². The lowest BCUT2D eigenvalue weighted by atomic mass is 9.85. The van der Waals surface area contributed by atoms with Gasteiger partial charge in [-0.15, -0.1) is 0 Å². The maximum Gasteiger partial charge on any atom is 0.223 e. The van der Waals surface area contributed by atoms with Crippen LogP contribution in [0.15, 0.2) is 0 Å². The van der Waals surface area contributed by atoms with Gasteiger partial charge in [0.2, 0.25) is 5.91 Å². The standard InChI is InChI=1S/C16H33N3O/c1-4-19(5-2)11-7-8-13(3)18-16(20)14-9-6-10-15(17)12-14/h13-15H,4-12,17H2,1-3H3,(H,18,20). The molecule has 0 aromatic carbocycles. The lowest BCUT2D eigenvalue weighted by Crippen LogP contribution is -2.41. The fraction of sp³-hybridized carbons (Fsp3) is 0.938. The van der Waals surface area contributed by atoms with E-state index in [0.29, 0.717) is 0 Å². The summed E-state index contributed by atoms with van der Waals surface area (Å²) in [6.45, 7) is 9.85. The molecule has 1 amide bonds. The van der Waals surface area contributed by atoms with E-state index in [1.54, 1.807) is 0 Å². The minimum Gasteiger partial charge on any atom is -0.353 e. The van der Waals surface area contributed by atoms with E-state index < -0.39 is 0 Å². The Morgan fingerprint density at radius 1 is 1.35 bits per heavy atom. The van der Waals surface area contributed by atoms with Crippen LogP contribution < -0.4 is 11.1 Å². The minimum atomic E-state index is 0.143. The van der Waals surface area contributed by atoms with Gasteiger partial charge in [-0.05, 0) is 58.7 Å². The molecule has 4 nitrogen and oxygen atoms in total. The molecule has 0 aromatic heterocycles. The zero-order valence-corrected chi connectivity index (χ0v) is 13.5. The van der Waals surface area contributed by atoms with Crippen LogP contribution in [0.25, 0.3) is 0 Å². The summed E-state index contributed by atoms with van der Waals surface area (Å²) in [5.74, 6) is 0.361. The van der Waals surface area contributed by atoms with E-state index in [1.165, 1.54) is 0 Å². The summed E-state index contributed by atoms with van der Waals surface area (Å²) in [4.78, 5) is 14.6. The van der Waals surface area contributed by atoms with Crippen molar-refractivity contribution in [3.8, 4) is 0 Å². The van der Waals surface area contributed by atoms with Crippen LogP contribution in [-0.4, -0.2) is 42.5 Å². The van der Waals surface area contributed by atoms with Crippen molar-refractivity contribution in [1.82, 2.24) is 10.2 Å². The number of rotatable bonds is 8. The largest absolute Gasteiger partial charge is 0.353 e. The number of nitrogens with two attached hydrogens (primary N) is 1. The summed E-state index contributed by atoms with van der Waals surface area (Å²) >= 11 is 0. The third-order valence-corrected chi connectivity index (χ3v) is 4.48. The zero-order valence-electron chi connectivity index (χ0n) is 13.5. The molecule has 0 aliphatic heterocycles. The van der Waals surface area contributed by atoms with Gasteiger partial charge < -0.3 is 16.0 Å². The van der Waals surface area contributed by atoms with Crippen LogP contribution in [0.3, 0.4) is 0 Å². The van der Waals surface area contributed by atoms with Gasteiger partial charge in [0.1, 0.15) is 0 Å². The summed E-state index contributed by atoms with van der Waals surface area (Å²) in [6.07, 6.45) is 6.23. The minimum absolute atomic E-state index is 0.143. The van der Waals surface area contributed by atoms with Crippen LogP contribution in [0, 0.1) is 5.92 Å². The Morgan fingerprint density at radius 3 is 2.65 bits per heavy atom. The highest BCUT2D eigenvalue weighted by Gasteiger charge is 2.25. The lowest BCUT2D eigenvalue weighted by molar-refractivity contribution is -0.126. The summed E-state index contributed by atoms with van der Waals surface area (Å²) in [5.41, 5.74) is 5.95. The SMILES string of the molecule is CCN(CC)CCCC(C)NC(=O)C1CCCC(N)C1. The third kappa shape index (κ3) is 6.23. The molecule has 20 heavy (non-hydrogen) atoms. The van der Waals surface area contributed by atoms with Crippen molar-refractivity contribution in [2.24, 2.45) is 11.7 Å². The number of amides is 1. The highest BCUT2D eigenvalue weighted by atomic mass is 16.1. The highest BCUT2D eigenvalue weighted by molar-refractivity contribution is 5.79. The maximum atomic E-state index is 12.2. The molecule has 0 bridgehead atoms. The molecule has 1 saturated carbocycles. The van der Waals surface area contributed by atoms with E-state index in [9.17, 15) is 4.79 Å². The molecule has 4 heteroatoms. The molecule has 0 aromatic rings. The van der Waals surface area contributed by atoms with Crippen molar-refractivity contribution in [3.05, 3.63) is 0 Å². The Kier molecular flexibility index (Phi) is 8.15. The molecule has 3 atom stereocenters. The van der Waals surface area contributed by atoms with Crippen LogP contribution in [0.2, 0.25) is 0 Å². The van der Waals surface area contributed by atoms with E-state index >= 15 is 0 Å². The molecule has 0 radical (unpaired) electrons. The second-order valence-electron chi connectivity index (χ2n) is 6.20. The van der Waals surface area contributed by atoms with Gasteiger partial charge in [-0.3, -0.25) is 4.79 Å². The first-order valence-corrected chi connectivity index (χ1v) is 8.35. The lowest BCUT2D eigenvalue weighted by Gasteiger charge is -2.27. The van der Waals surface area contributed by atoms with Gasteiger partial charge in [-0.1, -0.05) is 20.3 Å². The van der Waals surface area contributed by atoms with Crippen molar-refractivity contribution in [1.29, 1.82) is 0 Å². The summed E-state index contributed by atoms with van der Waals surface area (Å²) < 4.78 is 0. The second-order valence-corrected chi connectivity index (χ2v) is 6.20. The van der Waals surface area contributed by atoms with Crippen molar-refractivity contribution in [2.45, 2.75) is 71.4 Å². The van der Waals surface area contributed by atoms with E-state index in [2.05, 4.69) is 31.0 Å². The molecule has 1 aliphatic carbocycles. The molecule has 0 saturated heterocycles. The van der Waals surface area contributed by atoms with Crippen LogP contribution in [0.5, 0.6) is 0 Å². The van der Waals surface area contributed by atoms with Gasteiger partial charge in [0.05, 0.1) is 0 Å².